The zero-order chi connectivity index (χ0) is 17.4. The van der Waals surface area contributed by atoms with E-state index in [1.54, 1.807) is 0 Å². The fraction of sp³-hybridized carbons (Fsp3) is 0.556. The Labute approximate surface area is 144 Å². The second-order valence-electron chi connectivity index (χ2n) is 6.32. The van der Waals surface area contributed by atoms with Crippen LogP contribution in [0.15, 0.2) is 30.3 Å². The van der Waals surface area contributed by atoms with E-state index >= 15 is 0 Å². The molecule has 1 aromatic rings. The molecule has 132 valence electrons. The van der Waals surface area contributed by atoms with Crippen molar-refractivity contribution >= 4 is 11.8 Å². The van der Waals surface area contributed by atoms with Gasteiger partial charge in [-0.1, -0.05) is 37.3 Å². The number of amides is 2. The van der Waals surface area contributed by atoms with Gasteiger partial charge in [-0.05, 0) is 12.6 Å². The van der Waals surface area contributed by atoms with E-state index in [0.29, 0.717) is 32.7 Å². The molecule has 6 nitrogen and oxygen atoms in total. The molecule has 0 aromatic heterocycles. The minimum Gasteiger partial charge on any atom is -0.351 e. The Morgan fingerprint density at radius 2 is 1.79 bits per heavy atom. The van der Waals surface area contributed by atoms with Gasteiger partial charge in [0.25, 0.3) is 0 Å². The second kappa shape index (κ2) is 9.39. The Balaban J connectivity index is 1.69. The van der Waals surface area contributed by atoms with Crippen LogP contribution in [0.5, 0.6) is 0 Å². The average molecular weight is 332 g/mol. The molecule has 2 N–H and O–H groups in total. The lowest BCUT2D eigenvalue weighted by Gasteiger charge is -2.35. The topological polar surface area (TPSA) is 64.7 Å². The van der Waals surface area contributed by atoms with Crippen molar-refractivity contribution in [1.82, 2.24) is 20.4 Å². The van der Waals surface area contributed by atoms with Crippen LogP contribution in [0.2, 0.25) is 0 Å². The van der Waals surface area contributed by atoms with Gasteiger partial charge in [0.1, 0.15) is 0 Å². The molecular weight excluding hydrogens is 304 g/mol. The summed E-state index contributed by atoms with van der Waals surface area (Å²) in [7, 11) is 1.86. The van der Waals surface area contributed by atoms with Crippen molar-refractivity contribution in [2.24, 2.45) is 5.92 Å². The molecule has 0 radical (unpaired) electrons. The van der Waals surface area contributed by atoms with Crippen LogP contribution < -0.4 is 10.6 Å². The van der Waals surface area contributed by atoms with Crippen LogP contribution in [0.3, 0.4) is 0 Å². The molecule has 1 heterocycles. The van der Waals surface area contributed by atoms with Crippen molar-refractivity contribution in [3.63, 3.8) is 0 Å². The van der Waals surface area contributed by atoms with Gasteiger partial charge in [-0.25, -0.2) is 0 Å². The molecule has 1 aromatic carbocycles. The van der Waals surface area contributed by atoms with Crippen LogP contribution in [0, 0.1) is 5.92 Å². The Hall–Kier alpha value is -1.92. The number of hydrogen-bond donors (Lipinski definition) is 2. The lowest BCUT2D eigenvalue weighted by atomic mass is 10.1. The van der Waals surface area contributed by atoms with Crippen molar-refractivity contribution in [2.45, 2.75) is 13.5 Å². The summed E-state index contributed by atoms with van der Waals surface area (Å²) in [5.74, 6) is 0.218. The highest BCUT2D eigenvalue weighted by Crippen LogP contribution is 2.07. The summed E-state index contributed by atoms with van der Waals surface area (Å²) in [5.41, 5.74) is 1.10. The fourth-order valence-corrected chi connectivity index (χ4v) is 2.89. The van der Waals surface area contributed by atoms with Crippen LogP contribution in [0.25, 0.3) is 0 Å². The third kappa shape index (κ3) is 5.62. The number of carbonyl (C=O) groups excluding carboxylic acids is 2. The van der Waals surface area contributed by atoms with Gasteiger partial charge in [-0.15, -0.1) is 0 Å². The predicted octanol–water partition coefficient (Wildman–Crippen LogP) is 0.303. The van der Waals surface area contributed by atoms with Gasteiger partial charge in [0.15, 0.2) is 0 Å². The number of carbonyl (C=O) groups is 2. The number of hydrogen-bond acceptors (Lipinski definition) is 4. The lowest BCUT2D eigenvalue weighted by Crippen LogP contribution is -2.52. The van der Waals surface area contributed by atoms with Crippen molar-refractivity contribution in [1.29, 1.82) is 0 Å². The van der Waals surface area contributed by atoms with E-state index in [2.05, 4.69) is 15.5 Å². The van der Waals surface area contributed by atoms with E-state index in [4.69, 9.17) is 0 Å². The average Bonchev–Trinajstić information content (AvgIpc) is 2.61. The Morgan fingerprint density at radius 1 is 1.12 bits per heavy atom. The zero-order valence-electron chi connectivity index (χ0n) is 14.6. The largest absolute Gasteiger partial charge is 0.351 e. The van der Waals surface area contributed by atoms with Crippen LogP contribution in [-0.2, 0) is 16.1 Å². The van der Waals surface area contributed by atoms with E-state index in [1.807, 2.05) is 49.2 Å². The third-order valence-electron chi connectivity index (χ3n) is 4.32. The molecule has 2 rings (SSSR count). The molecule has 1 saturated heterocycles. The van der Waals surface area contributed by atoms with E-state index in [1.165, 1.54) is 0 Å². The summed E-state index contributed by atoms with van der Waals surface area (Å²) in [5, 5.41) is 5.98. The summed E-state index contributed by atoms with van der Waals surface area (Å²) in [6.45, 7) is 6.47. The molecule has 1 unspecified atom stereocenters. The van der Waals surface area contributed by atoms with Crippen LogP contribution in [0.1, 0.15) is 12.5 Å². The maximum absolute atomic E-state index is 12.3. The Morgan fingerprint density at radius 3 is 2.42 bits per heavy atom. The van der Waals surface area contributed by atoms with Gasteiger partial charge < -0.3 is 15.5 Å². The normalized spacial score (nSPS) is 16.7. The monoisotopic (exact) mass is 332 g/mol. The van der Waals surface area contributed by atoms with E-state index in [9.17, 15) is 9.59 Å². The number of nitrogens with one attached hydrogen (secondary N) is 2. The highest BCUT2D eigenvalue weighted by Gasteiger charge is 2.25. The van der Waals surface area contributed by atoms with Gasteiger partial charge in [0.05, 0.1) is 6.54 Å². The Kier molecular flexibility index (Phi) is 7.21. The lowest BCUT2D eigenvalue weighted by molar-refractivity contribution is -0.136. The molecule has 0 bridgehead atoms. The quantitative estimate of drug-likeness (QED) is 0.754. The number of nitrogens with zero attached hydrogens (tertiary/aromatic N) is 2. The zero-order valence-corrected chi connectivity index (χ0v) is 14.6. The van der Waals surface area contributed by atoms with Crippen molar-refractivity contribution in [3.8, 4) is 0 Å². The predicted molar refractivity (Wildman–Crippen MR) is 94.4 cm³/mol. The number of rotatable bonds is 7. The number of benzene rings is 1. The van der Waals surface area contributed by atoms with E-state index < -0.39 is 0 Å². The first kappa shape index (κ1) is 18.4. The SMILES string of the molecule is CNCC(C)C(=O)N1CCN(CC(=O)NCc2ccccc2)CC1. The van der Waals surface area contributed by atoms with Gasteiger partial charge in [0, 0.05) is 45.2 Å². The second-order valence-corrected chi connectivity index (χ2v) is 6.32. The van der Waals surface area contributed by atoms with Crippen molar-refractivity contribution in [2.75, 3.05) is 46.3 Å². The first-order valence-electron chi connectivity index (χ1n) is 8.56. The summed E-state index contributed by atoms with van der Waals surface area (Å²) >= 11 is 0. The summed E-state index contributed by atoms with van der Waals surface area (Å²) in [4.78, 5) is 28.3. The maximum Gasteiger partial charge on any atom is 0.234 e. The van der Waals surface area contributed by atoms with Crippen molar-refractivity contribution < 1.29 is 9.59 Å². The number of piperazine rings is 1. The molecule has 1 aliphatic rings. The molecule has 0 spiro atoms. The van der Waals surface area contributed by atoms with E-state index in [0.717, 1.165) is 18.7 Å². The third-order valence-corrected chi connectivity index (χ3v) is 4.32. The molecule has 2 amide bonds. The highest BCUT2D eigenvalue weighted by molar-refractivity contribution is 5.79. The molecule has 1 fully saturated rings. The van der Waals surface area contributed by atoms with Crippen LogP contribution in [-0.4, -0.2) is 67.9 Å². The fourth-order valence-electron chi connectivity index (χ4n) is 2.89. The molecule has 0 saturated carbocycles. The highest BCUT2D eigenvalue weighted by atomic mass is 16.2. The molecule has 1 aliphatic heterocycles. The smallest absolute Gasteiger partial charge is 0.234 e. The van der Waals surface area contributed by atoms with Crippen LogP contribution >= 0.6 is 0 Å². The van der Waals surface area contributed by atoms with Gasteiger partial charge >= 0.3 is 0 Å². The van der Waals surface area contributed by atoms with Crippen LogP contribution in [0.4, 0.5) is 0 Å². The van der Waals surface area contributed by atoms with Gasteiger partial charge in [0.2, 0.25) is 11.8 Å². The summed E-state index contributed by atoms with van der Waals surface area (Å²) in [6.07, 6.45) is 0. The van der Waals surface area contributed by atoms with Gasteiger partial charge in [-0.3, -0.25) is 14.5 Å². The molecular formula is C18H28N4O2. The van der Waals surface area contributed by atoms with E-state index in [-0.39, 0.29) is 17.7 Å². The Bertz CT molecular complexity index is 527. The van der Waals surface area contributed by atoms with Crippen molar-refractivity contribution in [3.05, 3.63) is 35.9 Å². The minimum absolute atomic E-state index is 0.00396. The minimum atomic E-state index is -0.00396. The summed E-state index contributed by atoms with van der Waals surface area (Å²) in [6, 6.07) is 9.89. The molecule has 24 heavy (non-hydrogen) atoms. The first-order valence-corrected chi connectivity index (χ1v) is 8.56. The standard InChI is InChI=1S/C18H28N4O2/c1-15(12-19-2)18(24)22-10-8-21(9-11-22)14-17(23)20-13-16-6-4-3-5-7-16/h3-7,15,19H,8-14H2,1-2H3,(H,20,23). The van der Waals surface area contributed by atoms with Gasteiger partial charge in [-0.2, -0.15) is 0 Å². The molecule has 6 heteroatoms. The molecule has 0 aliphatic carbocycles. The maximum atomic E-state index is 12.3. The summed E-state index contributed by atoms with van der Waals surface area (Å²) < 4.78 is 0. The molecule has 1 atom stereocenters. The first-order chi connectivity index (χ1) is 11.6.